The molecule has 0 spiro atoms. The van der Waals surface area contributed by atoms with Gasteiger partial charge in [0.2, 0.25) is 0 Å². The van der Waals surface area contributed by atoms with Crippen LogP contribution in [0, 0.1) is 6.92 Å². The van der Waals surface area contributed by atoms with Crippen LogP contribution in [0.3, 0.4) is 0 Å². The van der Waals surface area contributed by atoms with Gasteiger partial charge < -0.3 is 10.1 Å². The highest BCUT2D eigenvalue weighted by atomic mass is 35.5. The molecule has 0 radical (unpaired) electrons. The fourth-order valence-electron chi connectivity index (χ4n) is 2.09. The van der Waals surface area contributed by atoms with Gasteiger partial charge in [0, 0.05) is 6.04 Å². The fourth-order valence-corrected chi connectivity index (χ4v) is 2.09. The van der Waals surface area contributed by atoms with Crippen LogP contribution >= 0.6 is 12.4 Å². The van der Waals surface area contributed by atoms with Crippen LogP contribution in [0.25, 0.3) is 0 Å². The Kier molecular flexibility index (Phi) is 4.43. The standard InChI is InChI=1S/C12H17NO.ClH/c1-9-8-10(5-6-12(9)14-2)11-4-3-7-13-11;/h5-6,8,11,13H,3-4,7H2,1-2H3;1H. The van der Waals surface area contributed by atoms with E-state index in [4.69, 9.17) is 4.74 Å². The quantitative estimate of drug-likeness (QED) is 0.839. The Hall–Kier alpha value is -0.730. The molecular formula is C12H18ClNO. The minimum Gasteiger partial charge on any atom is -0.496 e. The number of hydrogen-bond donors (Lipinski definition) is 1. The second-order valence-electron chi connectivity index (χ2n) is 3.88. The van der Waals surface area contributed by atoms with Gasteiger partial charge in [0.25, 0.3) is 0 Å². The van der Waals surface area contributed by atoms with Crippen LogP contribution in [0.15, 0.2) is 18.2 Å². The molecule has 1 unspecified atom stereocenters. The molecule has 1 aromatic carbocycles. The van der Waals surface area contributed by atoms with Crippen LogP contribution in [0.5, 0.6) is 5.75 Å². The molecule has 1 saturated heterocycles. The van der Waals surface area contributed by atoms with E-state index >= 15 is 0 Å². The number of rotatable bonds is 2. The number of methoxy groups -OCH3 is 1. The number of aryl methyl sites for hydroxylation is 1. The van der Waals surface area contributed by atoms with Gasteiger partial charge in [0.1, 0.15) is 5.75 Å². The van der Waals surface area contributed by atoms with E-state index < -0.39 is 0 Å². The summed E-state index contributed by atoms with van der Waals surface area (Å²) in [6.45, 7) is 3.24. The molecule has 84 valence electrons. The SMILES string of the molecule is COc1ccc(C2CCCN2)cc1C.Cl. The zero-order valence-electron chi connectivity index (χ0n) is 9.25. The molecule has 0 amide bonds. The maximum Gasteiger partial charge on any atom is 0.121 e. The minimum atomic E-state index is 0. The molecule has 2 nitrogen and oxygen atoms in total. The average molecular weight is 228 g/mol. The van der Waals surface area contributed by atoms with E-state index in [0.717, 1.165) is 12.3 Å². The fraction of sp³-hybridized carbons (Fsp3) is 0.500. The highest BCUT2D eigenvalue weighted by Crippen LogP contribution is 2.27. The van der Waals surface area contributed by atoms with Crippen molar-refractivity contribution in [2.75, 3.05) is 13.7 Å². The van der Waals surface area contributed by atoms with E-state index in [1.54, 1.807) is 7.11 Å². The van der Waals surface area contributed by atoms with Crippen molar-refractivity contribution >= 4 is 12.4 Å². The van der Waals surface area contributed by atoms with Gasteiger partial charge in [-0.25, -0.2) is 0 Å². The first-order valence-corrected chi connectivity index (χ1v) is 5.19. The third kappa shape index (κ3) is 2.64. The molecule has 1 heterocycles. The van der Waals surface area contributed by atoms with E-state index in [9.17, 15) is 0 Å². The van der Waals surface area contributed by atoms with Crippen LogP contribution in [-0.2, 0) is 0 Å². The molecule has 0 bridgehead atoms. The second kappa shape index (κ2) is 5.38. The summed E-state index contributed by atoms with van der Waals surface area (Å²) in [5.74, 6) is 0.978. The first kappa shape index (κ1) is 12.3. The molecule has 2 rings (SSSR count). The Labute approximate surface area is 97.4 Å². The van der Waals surface area contributed by atoms with Crippen LogP contribution in [0.1, 0.15) is 30.0 Å². The van der Waals surface area contributed by atoms with Crippen molar-refractivity contribution in [2.24, 2.45) is 0 Å². The molecule has 3 heteroatoms. The van der Waals surface area contributed by atoms with E-state index in [1.165, 1.54) is 24.0 Å². The van der Waals surface area contributed by atoms with Gasteiger partial charge in [0.15, 0.2) is 0 Å². The zero-order chi connectivity index (χ0) is 9.97. The van der Waals surface area contributed by atoms with Gasteiger partial charge >= 0.3 is 0 Å². The lowest BCUT2D eigenvalue weighted by Crippen LogP contribution is -2.12. The van der Waals surface area contributed by atoms with Crippen molar-refractivity contribution < 1.29 is 4.74 Å². The highest BCUT2D eigenvalue weighted by Gasteiger charge is 2.16. The highest BCUT2D eigenvalue weighted by molar-refractivity contribution is 5.85. The molecule has 0 saturated carbocycles. The first-order valence-electron chi connectivity index (χ1n) is 5.19. The topological polar surface area (TPSA) is 21.3 Å². The average Bonchev–Trinajstić information content (AvgIpc) is 2.70. The number of ether oxygens (including phenoxy) is 1. The summed E-state index contributed by atoms with van der Waals surface area (Å²) in [5, 5.41) is 3.50. The molecular weight excluding hydrogens is 210 g/mol. The minimum absolute atomic E-state index is 0. The Bertz CT molecular complexity index is 321. The molecule has 1 aliphatic rings. The smallest absolute Gasteiger partial charge is 0.121 e. The molecule has 1 atom stereocenters. The van der Waals surface area contributed by atoms with Crippen molar-refractivity contribution in [1.82, 2.24) is 5.32 Å². The maximum atomic E-state index is 5.24. The van der Waals surface area contributed by atoms with E-state index in [-0.39, 0.29) is 12.4 Å². The summed E-state index contributed by atoms with van der Waals surface area (Å²) in [6, 6.07) is 7.00. The van der Waals surface area contributed by atoms with Crippen molar-refractivity contribution in [1.29, 1.82) is 0 Å². The molecule has 1 fully saturated rings. The maximum absolute atomic E-state index is 5.24. The van der Waals surface area contributed by atoms with Crippen molar-refractivity contribution in [2.45, 2.75) is 25.8 Å². The normalized spacial score (nSPS) is 19.7. The van der Waals surface area contributed by atoms with E-state index in [1.807, 2.05) is 0 Å². The summed E-state index contributed by atoms with van der Waals surface area (Å²) in [6.07, 6.45) is 2.54. The van der Waals surface area contributed by atoms with E-state index in [0.29, 0.717) is 6.04 Å². The molecule has 0 aromatic heterocycles. The summed E-state index contributed by atoms with van der Waals surface area (Å²) in [7, 11) is 1.72. The van der Waals surface area contributed by atoms with Crippen LogP contribution in [0.4, 0.5) is 0 Å². The van der Waals surface area contributed by atoms with Crippen molar-refractivity contribution in [3.8, 4) is 5.75 Å². The third-order valence-corrected chi connectivity index (χ3v) is 2.88. The van der Waals surface area contributed by atoms with Gasteiger partial charge in [-0.05, 0) is 43.5 Å². The zero-order valence-corrected chi connectivity index (χ0v) is 10.1. The third-order valence-electron chi connectivity index (χ3n) is 2.88. The van der Waals surface area contributed by atoms with Gasteiger partial charge in [0.05, 0.1) is 7.11 Å². The van der Waals surface area contributed by atoms with Gasteiger partial charge in [-0.15, -0.1) is 12.4 Å². The molecule has 1 N–H and O–H groups in total. The Morgan fingerprint density at radius 2 is 2.20 bits per heavy atom. The summed E-state index contributed by atoms with van der Waals surface area (Å²) in [4.78, 5) is 0. The molecule has 1 aromatic rings. The Morgan fingerprint density at radius 3 is 2.73 bits per heavy atom. The van der Waals surface area contributed by atoms with Gasteiger partial charge in [-0.2, -0.15) is 0 Å². The Morgan fingerprint density at radius 1 is 1.40 bits per heavy atom. The molecule has 1 aliphatic heterocycles. The number of halogens is 1. The van der Waals surface area contributed by atoms with Crippen LogP contribution < -0.4 is 10.1 Å². The largest absolute Gasteiger partial charge is 0.496 e. The lowest BCUT2D eigenvalue weighted by molar-refractivity contribution is 0.411. The summed E-state index contributed by atoms with van der Waals surface area (Å²) in [5.41, 5.74) is 2.61. The monoisotopic (exact) mass is 227 g/mol. The summed E-state index contributed by atoms with van der Waals surface area (Å²) < 4.78 is 5.24. The number of benzene rings is 1. The predicted molar refractivity (Wildman–Crippen MR) is 65.0 cm³/mol. The van der Waals surface area contributed by atoms with Crippen molar-refractivity contribution in [3.63, 3.8) is 0 Å². The van der Waals surface area contributed by atoms with Gasteiger partial charge in [-0.3, -0.25) is 0 Å². The number of nitrogens with one attached hydrogen (secondary N) is 1. The lowest BCUT2D eigenvalue weighted by Gasteiger charge is -2.13. The van der Waals surface area contributed by atoms with Crippen LogP contribution in [-0.4, -0.2) is 13.7 Å². The second-order valence-corrected chi connectivity index (χ2v) is 3.88. The van der Waals surface area contributed by atoms with Gasteiger partial charge in [-0.1, -0.05) is 12.1 Å². The van der Waals surface area contributed by atoms with E-state index in [2.05, 4.69) is 30.4 Å². The van der Waals surface area contributed by atoms with Crippen molar-refractivity contribution in [3.05, 3.63) is 29.3 Å². The van der Waals surface area contributed by atoms with Crippen LogP contribution in [0.2, 0.25) is 0 Å². The Balaban J connectivity index is 0.00000112. The number of hydrogen-bond acceptors (Lipinski definition) is 2. The first-order chi connectivity index (χ1) is 6.81. The molecule has 15 heavy (non-hydrogen) atoms. The molecule has 0 aliphatic carbocycles. The predicted octanol–water partition coefficient (Wildman–Crippen LogP) is 2.85. The lowest BCUT2D eigenvalue weighted by atomic mass is 10.0. The summed E-state index contributed by atoms with van der Waals surface area (Å²) >= 11 is 0.